The predicted octanol–water partition coefficient (Wildman–Crippen LogP) is 3.95. The van der Waals surface area contributed by atoms with Gasteiger partial charge in [-0.25, -0.2) is 4.98 Å². The molecule has 0 saturated heterocycles. The molecular weight excluding hydrogens is 279 g/mol. The Balaban J connectivity index is 1.75. The SMILES string of the molecule is Clc1cc(Cl)c(CN2CCc3ccccc3C2)cn1. The smallest absolute Gasteiger partial charge is 0.130 e. The number of pyridine rings is 1. The second-order valence-corrected chi connectivity index (χ2v) is 5.62. The Morgan fingerprint density at radius 2 is 1.95 bits per heavy atom. The minimum Gasteiger partial charge on any atom is -0.294 e. The second-order valence-electron chi connectivity index (χ2n) is 4.83. The average molecular weight is 293 g/mol. The van der Waals surface area contributed by atoms with E-state index < -0.39 is 0 Å². The van der Waals surface area contributed by atoms with Crippen LogP contribution in [0, 0.1) is 0 Å². The maximum absolute atomic E-state index is 6.20. The normalized spacial score (nSPS) is 15.3. The number of aromatic nitrogens is 1. The lowest BCUT2D eigenvalue weighted by Gasteiger charge is -2.28. The maximum Gasteiger partial charge on any atom is 0.130 e. The van der Waals surface area contributed by atoms with Crippen LogP contribution in [0.25, 0.3) is 0 Å². The topological polar surface area (TPSA) is 16.1 Å². The van der Waals surface area contributed by atoms with E-state index in [0.29, 0.717) is 10.2 Å². The van der Waals surface area contributed by atoms with Gasteiger partial charge >= 0.3 is 0 Å². The van der Waals surface area contributed by atoms with E-state index in [2.05, 4.69) is 34.1 Å². The summed E-state index contributed by atoms with van der Waals surface area (Å²) < 4.78 is 0. The van der Waals surface area contributed by atoms with Gasteiger partial charge in [-0.2, -0.15) is 0 Å². The number of nitrogens with zero attached hydrogens (tertiary/aromatic N) is 2. The van der Waals surface area contributed by atoms with Gasteiger partial charge in [-0.15, -0.1) is 0 Å². The monoisotopic (exact) mass is 292 g/mol. The highest BCUT2D eigenvalue weighted by Gasteiger charge is 2.16. The molecule has 2 nitrogen and oxygen atoms in total. The van der Waals surface area contributed by atoms with E-state index in [1.807, 2.05) is 0 Å². The lowest BCUT2D eigenvalue weighted by atomic mass is 10.00. The van der Waals surface area contributed by atoms with Gasteiger partial charge in [0, 0.05) is 36.4 Å². The van der Waals surface area contributed by atoms with Gasteiger partial charge in [0.1, 0.15) is 5.15 Å². The lowest BCUT2D eigenvalue weighted by Crippen LogP contribution is -2.30. The first kappa shape index (κ1) is 12.9. The highest BCUT2D eigenvalue weighted by Crippen LogP contribution is 2.24. The number of hydrogen-bond donors (Lipinski definition) is 0. The molecule has 1 aromatic heterocycles. The maximum atomic E-state index is 6.20. The van der Waals surface area contributed by atoms with Crippen LogP contribution >= 0.6 is 23.2 Å². The Bertz CT molecular complexity index is 598. The molecule has 4 heteroatoms. The Morgan fingerprint density at radius 3 is 2.74 bits per heavy atom. The van der Waals surface area contributed by atoms with E-state index in [0.717, 1.165) is 31.6 Å². The van der Waals surface area contributed by atoms with Crippen molar-refractivity contribution in [2.45, 2.75) is 19.5 Å². The Kier molecular flexibility index (Phi) is 3.74. The molecule has 0 atom stereocenters. The number of hydrogen-bond acceptors (Lipinski definition) is 2. The molecule has 0 saturated carbocycles. The highest BCUT2D eigenvalue weighted by atomic mass is 35.5. The number of benzene rings is 1. The van der Waals surface area contributed by atoms with Crippen molar-refractivity contribution < 1.29 is 0 Å². The first-order valence-electron chi connectivity index (χ1n) is 6.31. The van der Waals surface area contributed by atoms with Gasteiger partial charge in [0.25, 0.3) is 0 Å². The van der Waals surface area contributed by atoms with Crippen molar-refractivity contribution in [3.05, 3.63) is 63.4 Å². The molecule has 2 heterocycles. The van der Waals surface area contributed by atoms with Crippen molar-refractivity contribution in [2.24, 2.45) is 0 Å². The van der Waals surface area contributed by atoms with E-state index in [-0.39, 0.29) is 0 Å². The third-order valence-electron chi connectivity index (χ3n) is 3.50. The van der Waals surface area contributed by atoms with E-state index in [9.17, 15) is 0 Å². The van der Waals surface area contributed by atoms with Crippen molar-refractivity contribution in [1.82, 2.24) is 9.88 Å². The number of fused-ring (bicyclic) bond motifs is 1. The fourth-order valence-corrected chi connectivity index (χ4v) is 2.91. The van der Waals surface area contributed by atoms with E-state index in [1.165, 1.54) is 11.1 Å². The third-order valence-corrected chi connectivity index (χ3v) is 4.06. The van der Waals surface area contributed by atoms with Gasteiger partial charge in [-0.3, -0.25) is 4.90 Å². The highest BCUT2D eigenvalue weighted by molar-refractivity contribution is 6.34. The molecular formula is C15H14Cl2N2. The van der Waals surface area contributed by atoms with Gasteiger partial charge in [-0.05, 0) is 23.6 Å². The van der Waals surface area contributed by atoms with Gasteiger partial charge in [0.2, 0.25) is 0 Å². The van der Waals surface area contributed by atoms with Crippen LogP contribution in [0.5, 0.6) is 0 Å². The van der Waals surface area contributed by atoms with Gasteiger partial charge in [0.05, 0.1) is 0 Å². The van der Waals surface area contributed by atoms with Gasteiger partial charge in [-0.1, -0.05) is 47.5 Å². The average Bonchev–Trinajstić information content (AvgIpc) is 2.42. The number of rotatable bonds is 2. The van der Waals surface area contributed by atoms with Gasteiger partial charge in [0.15, 0.2) is 0 Å². The van der Waals surface area contributed by atoms with Crippen molar-refractivity contribution in [1.29, 1.82) is 0 Å². The summed E-state index contributed by atoms with van der Waals surface area (Å²) in [5, 5.41) is 1.14. The first-order valence-corrected chi connectivity index (χ1v) is 7.07. The van der Waals surface area contributed by atoms with Gasteiger partial charge < -0.3 is 0 Å². The molecule has 0 aliphatic carbocycles. The van der Waals surface area contributed by atoms with Crippen molar-refractivity contribution in [3.63, 3.8) is 0 Å². The van der Waals surface area contributed by atoms with Crippen LogP contribution in [0.15, 0.2) is 36.5 Å². The standard InChI is InChI=1S/C15H14Cl2N2/c16-14-7-15(17)18-8-13(14)10-19-6-5-11-3-1-2-4-12(11)9-19/h1-4,7-8H,5-6,9-10H2. The summed E-state index contributed by atoms with van der Waals surface area (Å²) in [6.45, 7) is 2.84. The Labute approximate surface area is 123 Å². The molecule has 0 radical (unpaired) electrons. The molecule has 3 rings (SSSR count). The second kappa shape index (κ2) is 5.49. The molecule has 1 aromatic carbocycles. The van der Waals surface area contributed by atoms with Crippen LogP contribution in [-0.4, -0.2) is 16.4 Å². The van der Waals surface area contributed by atoms with Crippen LogP contribution in [0.3, 0.4) is 0 Å². The molecule has 1 aliphatic heterocycles. The van der Waals surface area contributed by atoms with Crippen LogP contribution in [0.2, 0.25) is 10.2 Å². The molecule has 1 aliphatic rings. The van der Waals surface area contributed by atoms with Crippen LogP contribution in [0.1, 0.15) is 16.7 Å². The quantitative estimate of drug-likeness (QED) is 0.779. The zero-order chi connectivity index (χ0) is 13.2. The lowest BCUT2D eigenvalue weighted by molar-refractivity contribution is 0.245. The largest absolute Gasteiger partial charge is 0.294 e. The zero-order valence-electron chi connectivity index (χ0n) is 10.4. The minimum absolute atomic E-state index is 0.442. The van der Waals surface area contributed by atoms with Crippen molar-refractivity contribution >= 4 is 23.2 Å². The summed E-state index contributed by atoms with van der Waals surface area (Å²) >= 11 is 12.0. The first-order chi connectivity index (χ1) is 9.22. The molecule has 19 heavy (non-hydrogen) atoms. The van der Waals surface area contributed by atoms with Crippen LogP contribution < -0.4 is 0 Å². The summed E-state index contributed by atoms with van der Waals surface area (Å²) in [4.78, 5) is 6.49. The summed E-state index contributed by atoms with van der Waals surface area (Å²) in [6, 6.07) is 10.3. The minimum atomic E-state index is 0.442. The third kappa shape index (κ3) is 2.92. The molecule has 0 spiro atoms. The summed E-state index contributed by atoms with van der Waals surface area (Å²) in [7, 11) is 0. The molecule has 0 N–H and O–H groups in total. The van der Waals surface area contributed by atoms with Crippen LogP contribution in [0.4, 0.5) is 0 Å². The summed E-state index contributed by atoms with van der Waals surface area (Å²) in [5.41, 5.74) is 3.90. The molecule has 0 amide bonds. The molecule has 0 unspecified atom stereocenters. The summed E-state index contributed by atoms with van der Waals surface area (Å²) in [6.07, 6.45) is 2.86. The molecule has 0 fully saturated rings. The molecule has 98 valence electrons. The Morgan fingerprint density at radius 1 is 1.16 bits per heavy atom. The zero-order valence-corrected chi connectivity index (χ0v) is 12.0. The molecule has 0 bridgehead atoms. The van der Waals surface area contributed by atoms with E-state index in [1.54, 1.807) is 12.3 Å². The van der Waals surface area contributed by atoms with Crippen molar-refractivity contribution in [3.8, 4) is 0 Å². The Hall–Kier alpha value is -1.09. The molecule has 2 aromatic rings. The van der Waals surface area contributed by atoms with E-state index >= 15 is 0 Å². The predicted molar refractivity (Wildman–Crippen MR) is 78.5 cm³/mol. The van der Waals surface area contributed by atoms with E-state index in [4.69, 9.17) is 23.2 Å². The fraction of sp³-hybridized carbons (Fsp3) is 0.267. The fourth-order valence-electron chi connectivity index (χ4n) is 2.48. The van der Waals surface area contributed by atoms with Crippen molar-refractivity contribution in [2.75, 3.05) is 6.54 Å². The summed E-state index contributed by atoms with van der Waals surface area (Å²) in [5.74, 6) is 0. The van der Waals surface area contributed by atoms with Crippen LogP contribution in [-0.2, 0) is 19.5 Å². The number of halogens is 2.